The third-order valence-corrected chi connectivity index (χ3v) is 6.04. The molecule has 24 heavy (non-hydrogen) atoms. The predicted octanol–water partition coefficient (Wildman–Crippen LogP) is 5.26. The highest BCUT2D eigenvalue weighted by atomic mass is 127. The Morgan fingerprint density at radius 1 is 0.792 bits per heavy atom. The highest BCUT2D eigenvalue weighted by Crippen LogP contribution is 2.30. The fourth-order valence-electron chi connectivity index (χ4n) is 2.39. The first kappa shape index (κ1) is 16.9. The molecule has 3 aromatic rings. The molecule has 0 amide bonds. The molecule has 4 heteroatoms. The fraction of sp³-hybridized carbons (Fsp3) is 0. The largest absolute Gasteiger partial charge is 0.218 e. The van der Waals surface area contributed by atoms with Crippen LogP contribution < -0.4 is 0 Å². The lowest BCUT2D eigenvalue weighted by molar-refractivity contribution is 0.606. The third kappa shape index (κ3) is 3.76. The Balaban J connectivity index is 2.20. The second-order valence-electron chi connectivity index (χ2n) is 5.25. The van der Waals surface area contributed by atoms with Crippen molar-refractivity contribution in [1.29, 1.82) is 0 Å². The summed E-state index contributed by atoms with van der Waals surface area (Å²) >= 11 is 2.22. The van der Waals surface area contributed by atoms with Crippen molar-refractivity contribution in [2.24, 2.45) is 0 Å². The lowest BCUT2D eigenvalue weighted by Gasteiger charge is -2.10. The van der Waals surface area contributed by atoms with Gasteiger partial charge in [-0.25, -0.2) is 8.42 Å². The molecule has 120 valence electrons. The maximum Gasteiger partial charge on any atom is 0.207 e. The van der Waals surface area contributed by atoms with Crippen LogP contribution in [0.4, 0.5) is 0 Å². The zero-order valence-corrected chi connectivity index (χ0v) is 15.7. The van der Waals surface area contributed by atoms with Crippen molar-refractivity contribution in [2.75, 3.05) is 0 Å². The molecule has 0 unspecified atom stereocenters. The minimum Gasteiger partial charge on any atom is -0.218 e. The summed E-state index contributed by atoms with van der Waals surface area (Å²) in [6.07, 6.45) is 1.74. The summed E-state index contributed by atoms with van der Waals surface area (Å²) in [4.78, 5) is 0.599. The molecule has 0 aromatic heterocycles. The highest BCUT2D eigenvalue weighted by molar-refractivity contribution is 14.1. The Morgan fingerprint density at radius 2 is 1.42 bits per heavy atom. The molecule has 0 saturated heterocycles. The predicted molar refractivity (Wildman–Crippen MR) is 107 cm³/mol. The van der Waals surface area contributed by atoms with Gasteiger partial charge in [0.15, 0.2) is 0 Å². The lowest BCUT2D eigenvalue weighted by Crippen LogP contribution is -2.04. The summed E-state index contributed by atoms with van der Waals surface area (Å²) < 4.78 is 27.4. The monoisotopic (exact) mass is 446 g/mol. The fourth-order valence-corrected chi connectivity index (χ4v) is 4.47. The van der Waals surface area contributed by atoms with Crippen molar-refractivity contribution in [3.8, 4) is 0 Å². The Bertz CT molecular complexity index is 963. The van der Waals surface area contributed by atoms with Gasteiger partial charge in [-0.2, -0.15) is 0 Å². The van der Waals surface area contributed by atoms with Crippen LogP contribution in [-0.2, 0) is 9.84 Å². The van der Waals surface area contributed by atoms with Crippen LogP contribution in [-0.4, -0.2) is 8.42 Å². The van der Waals surface area contributed by atoms with Crippen LogP contribution in [0.15, 0.2) is 89.8 Å². The van der Waals surface area contributed by atoms with Gasteiger partial charge in [0.2, 0.25) is 9.84 Å². The molecule has 0 saturated carbocycles. The first-order valence-corrected chi connectivity index (χ1v) is 9.96. The summed E-state index contributed by atoms with van der Waals surface area (Å²) in [5.74, 6) is 0. The van der Waals surface area contributed by atoms with Gasteiger partial charge in [-0.3, -0.25) is 0 Å². The molecule has 0 atom stereocenters. The molecule has 0 fully saturated rings. The van der Waals surface area contributed by atoms with Gasteiger partial charge in [0.25, 0.3) is 0 Å². The summed E-state index contributed by atoms with van der Waals surface area (Å²) in [5.41, 5.74) is 1.54. The number of sulfone groups is 1. The number of rotatable bonds is 4. The maximum absolute atomic E-state index is 13.2. The van der Waals surface area contributed by atoms with Crippen molar-refractivity contribution in [3.63, 3.8) is 0 Å². The molecule has 0 bridgehead atoms. The van der Waals surface area contributed by atoms with E-state index in [1.54, 1.807) is 30.3 Å². The molecule has 0 spiro atoms. The van der Waals surface area contributed by atoms with Crippen LogP contribution in [0.3, 0.4) is 0 Å². The van der Waals surface area contributed by atoms with Crippen LogP contribution in [0.2, 0.25) is 0 Å². The molecule has 0 aliphatic rings. The van der Waals surface area contributed by atoms with Gasteiger partial charge in [0.05, 0.1) is 9.80 Å². The second kappa shape index (κ2) is 7.32. The molecule has 3 aromatic carbocycles. The molecule has 0 aliphatic heterocycles. The Hall–Kier alpha value is -1.92. The van der Waals surface area contributed by atoms with E-state index in [0.29, 0.717) is 15.4 Å². The number of hydrogen-bond acceptors (Lipinski definition) is 2. The summed E-state index contributed by atoms with van der Waals surface area (Å²) in [6.45, 7) is 0. The van der Waals surface area contributed by atoms with E-state index in [1.165, 1.54) is 0 Å². The van der Waals surface area contributed by atoms with E-state index in [-0.39, 0.29) is 0 Å². The third-order valence-electron chi connectivity index (χ3n) is 3.55. The van der Waals surface area contributed by atoms with E-state index in [0.717, 1.165) is 9.13 Å². The Kier molecular flexibility index (Phi) is 5.16. The second-order valence-corrected chi connectivity index (χ2v) is 8.41. The van der Waals surface area contributed by atoms with Crippen molar-refractivity contribution in [2.45, 2.75) is 4.90 Å². The zero-order valence-electron chi connectivity index (χ0n) is 12.8. The quantitative estimate of drug-likeness (QED) is 0.405. The van der Waals surface area contributed by atoms with E-state index in [4.69, 9.17) is 0 Å². The van der Waals surface area contributed by atoms with Crippen LogP contribution in [0.1, 0.15) is 11.1 Å². The average molecular weight is 446 g/mol. The zero-order chi connectivity index (χ0) is 17.0. The first-order chi connectivity index (χ1) is 11.6. The van der Waals surface area contributed by atoms with Crippen molar-refractivity contribution >= 4 is 43.4 Å². The molecular weight excluding hydrogens is 431 g/mol. The highest BCUT2D eigenvalue weighted by Gasteiger charge is 2.22. The lowest BCUT2D eigenvalue weighted by atomic mass is 10.1. The molecule has 0 heterocycles. The van der Waals surface area contributed by atoms with Gasteiger partial charge in [-0.15, -0.1) is 0 Å². The first-order valence-electron chi connectivity index (χ1n) is 7.40. The summed E-state index contributed by atoms with van der Waals surface area (Å²) in [7, 11) is -3.61. The molecule has 3 rings (SSSR count). The van der Waals surface area contributed by atoms with E-state index in [9.17, 15) is 8.42 Å². The van der Waals surface area contributed by atoms with Gasteiger partial charge < -0.3 is 0 Å². The maximum atomic E-state index is 13.2. The SMILES string of the molecule is O=S(=O)(/C(=C/c1cccc(I)c1)c1ccccc1)c1ccccc1. The Labute approximate surface area is 155 Å². The summed E-state index contributed by atoms with van der Waals surface area (Å²) in [6, 6.07) is 25.5. The van der Waals surface area contributed by atoms with Crippen molar-refractivity contribution < 1.29 is 8.42 Å². The van der Waals surface area contributed by atoms with Gasteiger partial charge in [0, 0.05) is 3.57 Å². The van der Waals surface area contributed by atoms with Crippen LogP contribution in [0, 0.1) is 3.57 Å². The molecule has 2 nitrogen and oxygen atoms in total. The molecule has 0 N–H and O–H groups in total. The van der Waals surface area contributed by atoms with Crippen LogP contribution in [0.5, 0.6) is 0 Å². The average Bonchev–Trinajstić information content (AvgIpc) is 2.61. The topological polar surface area (TPSA) is 34.1 Å². The van der Waals surface area contributed by atoms with Gasteiger partial charge in [-0.05, 0) is 64.1 Å². The van der Waals surface area contributed by atoms with Gasteiger partial charge in [-0.1, -0.05) is 60.7 Å². The number of halogens is 1. The van der Waals surface area contributed by atoms with Crippen LogP contribution >= 0.6 is 22.6 Å². The van der Waals surface area contributed by atoms with Gasteiger partial charge in [0.1, 0.15) is 0 Å². The van der Waals surface area contributed by atoms with Crippen molar-refractivity contribution in [3.05, 3.63) is 99.6 Å². The minimum atomic E-state index is -3.61. The molecule has 0 radical (unpaired) electrons. The number of hydrogen-bond donors (Lipinski definition) is 0. The smallest absolute Gasteiger partial charge is 0.207 e. The normalized spacial score (nSPS) is 12.1. The standard InChI is InChI=1S/C20H15IO2S/c21-18-11-7-8-16(14-18)15-20(17-9-3-1-4-10-17)24(22,23)19-12-5-2-6-13-19/h1-15H/b20-15+. The minimum absolute atomic E-state index is 0.297. The number of benzene rings is 3. The van der Waals surface area contributed by atoms with E-state index in [1.807, 2.05) is 60.7 Å². The van der Waals surface area contributed by atoms with E-state index < -0.39 is 9.84 Å². The van der Waals surface area contributed by atoms with Crippen LogP contribution in [0.25, 0.3) is 11.0 Å². The van der Waals surface area contributed by atoms with E-state index >= 15 is 0 Å². The van der Waals surface area contributed by atoms with Crippen molar-refractivity contribution in [1.82, 2.24) is 0 Å². The molecule has 0 aliphatic carbocycles. The van der Waals surface area contributed by atoms with E-state index in [2.05, 4.69) is 22.6 Å². The van der Waals surface area contributed by atoms with Gasteiger partial charge >= 0.3 is 0 Å². The molecular formula is C20H15IO2S. The summed E-state index contributed by atoms with van der Waals surface area (Å²) in [5, 5.41) is 0. The Morgan fingerprint density at radius 3 is 2.04 bits per heavy atom.